The molecule has 0 bridgehead atoms. The smallest absolute Gasteiger partial charge is 0.252 e. The van der Waals surface area contributed by atoms with Crippen LogP contribution < -0.4 is 10.2 Å². The van der Waals surface area contributed by atoms with Crippen molar-refractivity contribution in [1.82, 2.24) is 24.9 Å². The molecule has 1 amide bonds. The summed E-state index contributed by atoms with van der Waals surface area (Å²) in [4.78, 5) is 23.2. The van der Waals surface area contributed by atoms with Crippen molar-refractivity contribution < 1.29 is 9.18 Å². The number of aromatic nitrogens is 4. The summed E-state index contributed by atoms with van der Waals surface area (Å²) >= 11 is 0. The second kappa shape index (κ2) is 8.14. The molecule has 1 N–H and O–H groups in total. The van der Waals surface area contributed by atoms with Crippen molar-refractivity contribution in [3.05, 3.63) is 53.4 Å². The molecule has 1 atom stereocenters. The van der Waals surface area contributed by atoms with Crippen molar-refractivity contribution in [2.75, 3.05) is 24.5 Å². The fraction of sp³-hybridized carbons (Fsp3) is 0.429. The van der Waals surface area contributed by atoms with Gasteiger partial charge in [-0.1, -0.05) is 0 Å². The van der Waals surface area contributed by atoms with Crippen LogP contribution in [0.15, 0.2) is 30.6 Å². The number of hydrogen-bond donors (Lipinski definition) is 1. The summed E-state index contributed by atoms with van der Waals surface area (Å²) in [6.07, 6.45) is 3.54. The summed E-state index contributed by atoms with van der Waals surface area (Å²) in [5.74, 6) is 0.809. The van der Waals surface area contributed by atoms with Crippen LogP contribution in [-0.2, 0) is 11.2 Å². The zero-order valence-electron chi connectivity index (χ0n) is 16.7. The zero-order valence-corrected chi connectivity index (χ0v) is 16.7. The van der Waals surface area contributed by atoms with E-state index in [4.69, 9.17) is 0 Å². The van der Waals surface area contributed by atoms with Crippen LogP contribution in [0.4, 0.5) is 10.1 Å². The number of aryl methyl sites for hydroxylation is 2. The number of halogens is 1. The molecule has 152 valence electrons. The quantitative estimate of drug-likeness (QED) is 0.693. The Balaban J connectivity index is 1.27. The third-order valence-corrected chi connectivity index (χ3v) is 5.66. The van der Waals surface area contributed by atoms with Gasteiger partial charge in [-0.15, -0.1) is 0 Å². The standard InChI is InChI=1S/C21H25FN6O/c1-14-19(15(2)28-21(26-14)24-13-25-28)7-8-20(29)23-11-16-9-10-27(12-16)18-5-3-17(22)4-6-18/h3-6,13,16H,7-12H2,1-2H3,(H,23,29). The largest absolute Gasteiger partial charge is 0.371 e. The van der Waals surface area contributed by atoms with Crippen molar-refractivity contribution in [1.29, 1.82) is 0 Å². The van der Waals surface area contributed by atoms with E-state index in [-0.39, 0.29) is 11.7 Å². The second-order valence-corrected chi connectivity index (χ2v) is 7.61. The van der Waals surface area contributed by atoms with Crippen LogP contribution in [0.3, 0.4) is 0 Å². The lowest BCUT2D eigenvalue weighted by molar-refractivity contribution is -0.121. The first-order chi connectivity index (χ1) is 14.0. The van der Waals surface area contributed by atoms with Crippen LogP contribution in [0.5, 0.6) is 0 Å². The summed E-state index contributed by atoms with van der Waals surface area (Å²) in [6, 6.07) is 6.59. The van der Waals surface area contributed by atoms with Crippen LogP contribution in [0.1, 0.15) is 29.8 Å². The zero-order chi connectivity index (χ0) is 20.4. The topological polar surface area (TPSA) is 75.4 Å². The van der Waals surface area contributed by atoms with E-state index in [0.29, 0.717) is 31.1 Å². The Labute approximate surface area is 169 Å². The molecule has 29 heavy (non-hydrogen) atoms. The van der Waals surface area contributed by atoms with Crippen LogP contribution in [-0.4, -0.2) is 45.1 Å². The Hall–Kier alpha value is -3.03. The van der Waals surface area contributed by atoms with Crippen molar-refractivity contribution in [2.45, 2.75) is 33.1 Å². The number of nitrogens with one attached hydrogen (secondary N) is 1. The minimum Gasteiger partial charge on any atom is -0.371 e. The van der Waals surface area contributed by atoms with Crippen molar-refractivity contribution in [2.24, 2.45) is 5.92 Å². The molecule has 0 saturated carbocycles. The Morgan fingerprint density at radius 2 is 2.07 bits per heavy atom. The molecule has 1 aliphatic rings. The van der Waals surface area contributed by atoms with Gasteiger partial charge in [0.2, 0.25) is 5.91 Å². The van der Waals surface area contributed by atoms with Gasteiger partial charge in [-0.3, -0.25) is 4.79 Å². The molecule has 8 heteroatoms. The number of rotatable bonds is 6. The van der Waals surface area contributed by atoms with Gasteiger partial charge in [0.25, 0.3) is 5.78 Å². The molecule has 1 aromatic carbocycles. The number of amides is 1. The minimum atomic E-state index is -0.222. The number of anilines is 1. The van der Waals surface area contributed by atoms with Crippen LogP contribution in [0, 0.1) is 25.6 Å². The number of benzene rings is 1. The van der Waals surface area contributed by atoms with Gasteiger partial charge in [0.15, 0.2) is 0 Å². The summed E-state index contributed by atoms with van der Waals surface area (Å²) in [5, 5.41) is 7.26. The summed E-state index contributed by atoms with van der Waals surface area (Å²) in [7, 11) is 0. The maximum atomic E-state index is 13.1. The number of hydrogen-bond acceptors (Lipinski definition) is 5. The molecule has 0 aliphatic carbocycles. The van der Waals surface area contributed by atoms with Gasteiger partial charge < -0.3 is 10.2 Å². The minimum absolute atomic E-state index is 0.0442. The van der Waals surface area contributed by atoms with Crippen molar-refractivity contribution >= 4 is 17.4 Å². The molecule has 0 spiro atoms. The van der Waals surface area contributed by atoms with Gasteiger partial charge in [-0.25, -0.2) is 13.9 Å². The van der Waals surface area contributed by atoms with E-state index in [1.807, 2.05) is 13.8 Å². The first kappa shape index (κ1) is 19.3. The van der Waals surface area contributed by atoms with E-state index in [9.17, 15) is 9.18 Å². The Bertz CT molecular complexity index is 1020. The number of fused-ring (bicyclic) bond motifs is 1. The van der Waals surface area contributed by atoms with Crippen molar-refractivity contribution in [3.8, 4) is 0 Å². The predicted molar refractivity (Wildman–Crippen MR) is 108 cm³/mol. The van der Waals surface area contributed by atoms with Gasteiger partial charge in [-0.05, 0) is 62.4 Å². The van der Waals surface area contributed by atoms with E-state index in [2.05, 4.69) is 25.3 Å². The normalized spacial score (nSPS) is 16.5. The third-order valence-electron chi connectivity index (χ3n) is 5.66. The molecule has 7 nitrogen and oxygen atoms in total. The first-order valence-corrected chi connectivity index (χ1v) is 9.94. The summed E-state index contributed by atoms with van der Waals surface area (Å²) in [5.41, 5.74) is 3.94. The van der Waals surface area contributed by atoms with Gasteiger partial charge in [0.05, 0.1) is 0 Å². The molecule has 1 saturated heterocycles. The molecule has 0 radical (unpaired) electrons. The first-order valence-electron chi connectivity index (χ1n) is 9.94. The highest BCUT2D eigenvalue weighted by Crippen LogP contribution is 2.23. The van der Waals surface area contributed by atoms with E-state index in [1.54, 1.807) is 16.6 Å². The Morgan fingerprint density at radius 3 is 2.86 bits per heavy atom. The van der Waals surface area contributed by atoms with Crippen LogP contribution in [0.25, 0.3) is 5.78 Å². The monoisotopic (exact) mass is 396 g/mol. The second-order valence-electron chi connectivity index (χ2n) is 7.61. The number of carbonyl (C=O) groups is 1. The number of carbonyl (C=O) groups excluding carboxylic acids is 1. The van der Waals surface area contributed by atoms with Gasteiger partial charge in [0.1, 0.15) is 12.1 Å². The maximum Gasteiger partial charge on any atom is 0.252 e. The van der Waals surface area contributed by atoms with E-state index in [0.717, 1.165) is 42.1 Å². The highest BCUT2D eigenvalue weighted by molar-refractivity contribution is 5.76. The highest BCUT2D eigenvalue weighted by Gasteiger charge is 2.23. The average molecular weight is 396 g/mol. The lowest BCUT2D eigenvalue weighted by Gasteiger charge is -2.19. The van der Waals surface area contributed by atoms with E-state index >= 15 is 0 Å². The fourth-order valence-electron chi connectivity index (χ4n) is 3.99. The number of nitrogens with zero attached hydrogens (tertiary/aromatic N) is 5. The summed E-state index contributed by atoms with van der Waals surface area (Å²) < 4.78 is 14.8. The molecule has 1 unspecified atom stereocenters. The molecule has 3 heterocycles. The van der Waals surface area contributed by atoms with Gasteiger partial charge >= 0.3 is 0 Å². The average Bonchev–Trinajstić information content (AvgIpc) is 3.36. The van der Waals surface area contributed by atoms with Crippen molar-refractivity contribution in [3.63, 3.8) is 0 Å². The molecule has 1 aliphatic heterocycles. The lowest BCUT2D eigenvalue weighted by atomic mass is 10.1. The molecule has 3 aromatic rings. The fourth-order valence-corrected chi connectivity index (χ4v) is 3.99. The maximum absolute atomic E-state index is 13.1. The molecule has 4 rings (SSSR count). The molecule has 2 aromatic heterocycles. The Kier molecular flexibility index (Phi) is 5.42. The third kappa shape index (κ3) is 4.21. The van der Waals surface area contributed by atoms with Gasteiger partial charge in [-0.2, -0.15) is 10.1 Å². The van der Waals surface area contributed by atoms with Gasteiger partial charge in [0, 0.05) is 43.1 Å². The van der Waals surface area contributed by atoms with Crippen LogP contribution in [0.2, 0.25) is 0 Å². The van der Waals surface area contributed by atoms with Crippen LogP contribution >= 0.6 is 0 Å². The molecule has 1 fully saturated rings. The highest BCUT2D eigenvalue weighted by atomic mass is 19.1. The van der Waals surface area contributed by atoms with E-state index < -0.39 is 0 Å². The van der Waals surface area contributed by atoms with E-state index in [1.165, 1.54) is 18.5 Å². The molecular formula is C21H25FN6O. The Morgan fingerprint density at radius 1 is 1.28 bits per heavy atom. The summed E-state index contributed by atoms with van der Waals surface area (Å²) in [6.45, 7) is 6.38. The predicted octanol–water partition coefficient (Wildman–Crippen LogP) is 2.46. The molecular weight excluding hydrogens is 371 g/mol. The SMILES string of the molecule is Cc1nc2ncnn2c(C)c1CCC(=O)NCC1CCN(c2ccc(F)cc2)C1. The lowest BCUT2D eigenvalue weighted by Crippen LogP contribution is -2.31.